The van der Waals surface area contributed by atoms with Crippen molar-refractivity contribution in [2.45, 2.75) is 71.7 Å². The molecule has 0 saturated carbocycles. The van der Waals surface area contributed by atoms with E-state index in [4.69, 9.17) is 19.6 Å². The molecule has 2 saturated heterocycles. The van der Waals surface area contributed by atoms with Crippen molar-refractivity contribution in [3.63, 3.8) is 0 Å². The van der Waals surface area contributed by atoms with Gasteiger partial charge in [0.2, 0.25) is 0 Å². The van der Waals surface area contributed by atoms with Crippen molar-refractivity contribution in [1.82, 2.24) is 19.7 Å². The topological polar surface area (TPSA) is 97.3 Å². The minimum Gasteiger partial charge on any atom is -0.381 e. The maximum Gasteiger partial charge on any atom is 0.253 e. The lowest BCUT2D eigenvalue weighted by molar-refractivity contribution is -0.0394. The Balaban J connectivity index is 1.43. The summed E-state index contributed by atoms with van der Waals surface area (Å²) >= 11 is 0. The van der Waals surface area contributed by atoms with E-state index in [-0.39, 0.29) is 11.8 Å². The van der Waals surface area contributed by atoms with Gasteiger partial charge in [0.15, 0.2) is 0 Å². The van der Waals surface area contributed by atoms with Gasteiger partial charge in [0, 0.05) is 84.6 Å². The molecule has 9 nitrogen and oxygen atoms in total. The van der Waals surface area contributed by atoms with E-state index in [9.17, 15) is 4.79 Å². The molecule has 1 aromatic carbocycles. The van der Waals surface area contributed by atoms with Gasteiger partial charge in [0.1, 0.15) is 12.0 Å². The molecule has 1 atom stereocenters. The van der Waals surface area contributed by atoms with Gasteiger partial charge in [-0.15, -0.1) is 0 Å². The van der Waals surface area contributed by atoms with Crippen molar-refractivity contribution in [3.8, 4) is 11.1 Å². The van der Waals surface area contributed by atoms with Crippen LogP contribution in [0.15, 0.2) is 47.7 Å². The first kappa shape index (κ1) is 27.5. The van der Waals surface area contributed by atoms with Crippen LogP contribution in [0, 0.1) is 13.8 Å². The molecule has 6 rings (SSSR count). The molecule has 0 bridgehead atoms. The number of pyridine rings is 2. The summed E-state index contributed by atoms with van der Waals surface area (Å²) in [5, 5.41) is 10.3. The molecule has 41 heavy (non-hydrogen) atoms. The number of nitrogens with one attached hydrogen (secondary N) is 2. The van der Waals surface area contributed by atoms with E-state index in [0.717, 1.165) is 103 Å². The van der Waals surface area contributed by atoms with Crippen molar-refractivity contribution < 1.29 is 9.47 Å². The van der Waals surface area contributed by atoms with Gasteiger partial charge >= 0.3 is 0 Å². The summed E-state index contributed by atoms with van der Waals surface area (Å²) in [5.74, 6) is 0.760. The summed E-state index contributed by atoms with van der Waals surface area (Å²) in [6.07, 6.45) is 11.1. The molecule has 2 aliphatic rings. The second-order valence-corrected chi connectivity index (χ2v) is 11.2. The van der Waals surface area contributed by atoms with Gasteiger partial charge in [-0.3, -0.25) is 4.79 Å². The summed E-state index contributed by atoms with van der Waals surface area (Å²) in [6.45, 7) is 9.73. The lowest BCUT2D eigenvalue weighted by Crippen LogP contribution is -2.39. The summed E-state index contributed by atoms with van der Waals surface area (Å²) in [7, 11) is 0. The fourth-order valence-electron chi connectivity index (χ4n) is 6.28. The average molecular weight is 557 g/mol. The van der Waals surface area contributed by atoms with Crippen LogP contribution in [0.25, 0.3) is 21.9 Å². The average Bonchev–Trinajstić information content (AvgIpc) is 3.49. The highest BCUT2D eigenvalue weighted by Gasteiger charge is 2.24. The van der Waals surface area contributed by atoms with Crippen molar-refractivity contribution >= 4 is 22.3 Å². The van der Waals surface area contributed by atoms with Gasteiger partial charge in [0.25, 0.3) is 5.56 Å². The zero-order chi connectivity index (χ0) is 28.3. The number of anilines is 2. The number of ether oxygens (including phenoxy) is 2. The van der Waals surface area contributed by atoms with E-state index in [1.165, 1.54) is 5.69 Å². The molecule has 0 aliphatic carbocycles. The zero-order valence-corrected chi connectivity index (χ0v) is 24.3. The molecule has 3 aromatic heterocycles. The molecular formula is C32H40N6O3. The predicted molar refractivity (Wildman–Crippen MR) is 163 cm³/mol. The summed E-state index contributed by atoms with van der Waals surface area (Å²) in [4.78, 5) is 22.9. The third-order valence-electron chi connectivity index (χ3n) is 8.45. The predicted octanol–water partition coefficient (Wildman–Crippen LogP) is 5.72. The van der Waals surface area contributed by atoms with E-state index >= 15 is 0 Å². The molecular weight excluding hydrogens is 516 g/mol. The largest absolute Gasteiger partial charge is 0.381 e. The van der Waals surface area contributed by atoms with Crippen molar-refractivity contribution in [1.29, 1.82) is 0 Å². The quantitative estimate of drug-likeness (QED) is 0.286. The highest BCUT2D eigenvalue weighted by atomic mass is 16.5. The van der Waals surface area contributed by atoms with Gasteiger partial charge in [-0.2, -0.15) is 5.10 Å². The van der Waals surface area contributed by atoms with Crippen LogP contribution in [-0.2, 0) is 16.0 Å². The molecule has 0 radical (unpaired) electrons. The van der Waals surface area contributed by atoms with Crippen LogP contribution in [0.1, 0.15) is 62.1 Å². The second kappa shape index (κ2) is 12.0. The number of H-pyrrole nitrogens is 1. The second-order valence-electron chi connectivity index (χ2n) is 11.2. The number of rotatable bonds is 8. The molecule has 5 heterocycles. The Morgan fingerprint density at radius 2 is 1.93 bits per heavy atom. The first-order chi connectivity index (χ1) is 20.0. The standard InChI is InChI=1S/C32H40N6O3/c1-4-37(25-9-13-40-14-10-25)29-17-23(24-18-35-38(20-24)30-7-5-6-12-41-30)16-27-26(29)8-11-33-31(27)34-19-28-21(2)15-22(3)36-32(28)39/h8,11,15-18,20,25,30H,4-7,9-10,12-14,19H2,1-3H3,(H,33,34)(H,36,39). The molecule has 4 aromatic rings. The van der Waals surface area contributed by atoms with Crippen molar-refractivity contribution in [2.75, 3.05) is 36.6 Å². The number of hydrogen-bond acceptors (Lipinski definition) is 7. The minimum atomic E-state index is -0.0642. The first-order valence-corrected chi connectivity index (χ1v) is 14.9. The molecule has 2 N–H and O–H groups in total. The summed E-state index contributed by atoms with van der Waals surface area (Å²) < 4.78 is 13.6. The van der Waals surface area contributed by atoms with E-state index in [1.54, 1.807) is 0 Å². The number of fused-ring (bicyclic) bond motifs is 1. The summed E-state index contributed by atoms with van der Waals surface area (Å²) in [6, 6.07) is 9.00. The van der Waals surface area contributed by atoms with E-state index in [1.807, 2.05) is 37.0 Å². The third kappa shape index (κ3) is 5.74. The maximum atomic E-state index is 12.7. The highest BCUT2D eigenvalue weighted by molar-refractivity contribution is 6.03. The van der Waals surface area contributed by atoms with Crippen LogP contribution in [-0.4, -0.2) is 52.2 Å². The van der Waals surface area contributed by atoms with E-state index in [0.29, 0.717) is 12.6 Å². The monoisotopic (exact) mass is 556 g/mol. The lowest BCUT2D eigenvalue weighted by Gasteiger charge is -2.36. The van der Waals surface area contributed by atoms with Gasteiger partial charge in [-0.05, 0) is 88.3 Å². The fraction of sp³-hybridized carbons (Fsp3) is 0.469. The van der Waals surface area contributed by atoms with Gasteiger partial charge < -0.3 is 24.7 Å². The highest BCUT2D eigenvalue weighted by Crippen LogP contribution is 2.38. The molecule has 2 fully saturated rings. The first-order valence-electron chi connectivity index (χ1n) is 14.9. The number of hydrogen-bond donors (Lipinski definition) is 2. The van der Waals surface area contributed by atoms with Gasteiger partial charge in [-0.25, -0.2) is 9.67 Å². The van der Waals surface area contributed by atoms with Crippen LogP contribution in [0.2, 0.25) is 0 Å². The Hall–Kier alpha value is -3.69. The van der Waals surface area contributed by atoms with E-state index < -0.39 is 0 Å². The number of aromatic nitrogens is 4. The van der Waals surface area contributed by atoms with Crippen LogP contribution in [0.5, 0.6) is 0 Å². The van der Waals surface area contributed by atoms with E-state index in [2.05, 4.69) is 46.5 Å². The minimum absolute atomic E-state index is 0.0125. The number of aryl methyl sites for hydroxylation is 2. The van der Waals surface area contributed by atoms with Gasteiger partial charge in [-0.1, -0.05) is 0 Å². The number of nitrogens with zero attached hydrogens (tertiary/aromatic N) is 4. The molecule has 9 heteroatoms. The normalized spacial score (nSPS) is 18.1. The smallest absolute Gasteiger partial charge is 0.253 e. The van der Waals surface area contributed by atoms with Crippen LogP contribution < -0.4 is 15.8 Å². The van der Waals surface area contributed by atoms with Crippen molar-refractivity contribution in [3.05, 3.63) is 70.0 Å². The lowest BCUT2D eigenvalue weighted by atomic mass is 9.99. The van der Waals surface area contributed by atoms with Crippen LogP contribution >= 0.6 is 0 Å². The van der Waals surface area contributed by atoms with Gasteiger partial charge in [0.05, 0.1) is 6.20 Å². The molecule has 216 valence electrons. The molecule has 1 unspecified atom stereocenters. The zero-order valence-electron chi connectivity index (χ0n) is 24.3. The Kier molecular flexibility index (Phi) is 8.07. The Labute approximate surface area is 240 Å². The fourth-order valence-corrected chi connectivity index (χ4v) is 6.28. The van der Waals surface area contributed by atoms with Crippen molar-refractivity contribution in [2.24, 2.45) is 0 Å². The third-order valence-corrected chi connectivity index (χ3v) is 8.45. The SMILES string of the molecule is CCN(c1cc(-c2cnn(C3CCCCO3)c2)cc2c(NCc3c(C)cc(C)[nH]c3=O)nccc12)C1CCOCC1. The Bertz CT molecular complexity index is 1570. The number of benzene rings is 1. The Morgan fingerprint density at radius 3 is 2.68 bits per heavy atom. The molecule has 0 amide bonds. The molecule has 0 spiro atoms. The van der Waals surface area contributed by atoms with Crippen LogP contribution in [0.3, 0.4) is 0 Å². The summed E-state index contributed by atoms with van der Waals surface area (Å²) in [5.41, 5.74) is 5.80. The molecule has 2 aliphatic heterocycles. The van der Waals surface area contributed by atoms with Crippen LogP contribution in [0.4, 0.5) is 11.5 Å². The maximum absolute atomic E-state index is 12.7. The Morgan fingerprint density at radius 1 is 1.07 bits per heavy atom. The number of aromatic amines is 1.